The van der Waals surface area contributed by atoms with E-state index >= 15 is 0 Å². The summed E-state index contributed by atoms with van der Waals surface area (Å²) in [6, 6.07) is 10.9. The largest absolute Gasteiger partial charge is 0.0786 e. The van der Waals surface area contributed by atoms with Crippen molar-refractivity contribution in [3.05, 3.63) is 67.1 Å². The number of aryl methyl sites for hydroxylation is 3. The van der Waals surface area contributed by atoms with Crippen molar-refractivity contribution >= 4 is 47.8 Å². The molecule has 0 nitrogen and oxygen atoms in total. The normalized spacial score (nSPS) is 12.5. The van der Waals surface area contributed by atoms with Crippen molar-refractivity contribution in [3.63, 3.8) is 0 Å². The van der Waals surface area contributed by atoms with E-state index < -0.39 is 0 Å². The van der Waals surface area contributed by atoms with E-state index in [4.69, 9.17) is 0 Å². The Labute approximate surface area is 140 Å². The summed E-state index contributed by atoms with van der Waals surface area (Å²) in [5.74, 6) is 0. The average Bonchev–Trinajstić information content (AvgIpc) is 2.36. The van der Waals surface area contributed by atoms with Gasteiger partial charge in [0.1, 0.15) is 0 Å². The van der Waals surface area contributed by atoms with Crippen LogP contribution >= 0.6 is 47.8 Å². The Balaban J connectivity index is 2.52. The molecule has 0 fully saturated rings. The second kappa shape index (κ2) is 6.11. The Bertz CT molecular complexity index is 618. The van der Waals surface area contributed by atoms with Crippen LogP contribution in [0, 0.1) is 20.8 Å². The molecule has 0 radical (unpaired) electrons. The molecule has 0 aliphatic heterocycles. The van der Waals surface area contributed by atoms with Crippen LogP contribution in [0.4, 0.5) is 0 Å². The highest BCUT2D eigenvalue weighted by Gasteiger charge is 2.17. The number of halogens is 3. The van der Waals surface area contributed by atoms with Crippen molar-refractivity contribution in [2.75, 3.05) is 0 Å². The first-order valence-electron chi connectivity index (χ1n) is 6.07. The molecule has 0 aliphatic carbocycles. The fraction of sp³-hybridized carbons (Fsp3) is 0.250. The van der Waals surface area contributed by atoms with Gasteiger partial charge in [0, 0.05) is 8.95 Å². The van der Waals surface area contributed by atoms with E-state index in [0.29, 0.717) is 0 Å². The quantitative estimate of drug-likeness (QED) is 0.454. The summed E-state index contributed by atoms with van der Waals surface area (Å²) >= 11 is 11.1. The fourth-order valence-corrected chi connectivity index (χ4v) is 4.28. The maximum Gasteiger partial charge on any atom is 0.0658 e. The van der Waals surface area contributed by atoms with Gasteiger partial charge in [-0.05, 0) is 55.2 Å². The molecule has 2 aromatic carbocycles. The van der Waals surface area contributed by atoms with Crippen LogP contribution in [0.3, 0.4) is 0 Å². The summed E-state index contributed by atoms with van der Waals surface area (Å²) in [5.41, 5.74) is 6.38. The predicted molar refractivity (Wildman–Crippen MR) is 93.3 cm³/mol. The topological polar surface area (TPSA) is 0 Å². The van der Waals surface area contributed by atoms with Gasteiger partial charge < -0.3 is 0 Å². The van der Waals surface area contributed by atoms with Gasteiger partial charge in [0.15, 0.2) is 0 Å². The van der Waals surface area contributed by atoms with Crippen molar-refractivity contribution in [2.24, 2.45) is 0 Å². The van der Waals surface area contributed by atoms with E-state index in [0.717, 1.165) is 8.95 Å². The van der Waals surface area contributed by atoms with E-state index in [2.05, 4.69) is 98.9 Å². The Morgan fingerprint density at radius 2 is 1.47 bits per heavy atom. The molecule has 1 atom stereocenters. The van der Waals surface area contributed by atoms with Crippen LogP contribution in [-0.4, -0.2) is 0 Å². The van der Waals surface area contributed by atoms with Crippen LogP contribution in [-0.2, 0) is 0 Å². The number of hydrogen-bond acceptors (Lipinski definition) is 0. The smallest absolute Gasteiger partial charge is 0.0658 e. The summed E-state index contributed by atoms with van der Waals surface area (Å²) in [5, 5.41) is 0. The Hall–Kier alpha value is -0.120. The standard InChI is InChI=1S/C16H15Br3/c1-9-4-5-10(2)12(6-9)16(19)13-8-14(17)11(3)7-15(13)18/h4-8,16H,1-3H3. The third-order valence-electron chi connectivity index (χ3n) is 3.26. The van der Waals surface area contributed by atoms with Crippen LogP contribution in [0.1, 0.15) is 32.6 Å². The van der Waals surface area contributed by atoms with Gasteiger partial charge in [-0.25, -0.2) is 0 Å². The molecule has 0 heterocycles. The van der Waals surface area contributed by atoms with E-state index in [-0.39, 0.29) is 4.83 Å². The highest BCUT2D eigenvalue weighted by atomic mass is 79.9. The molecule has 1 unspecified atom stereocenters. The molecule has 0 bridgehead atoms. The molecule has 0 aromatic heterocycles. The molecular formula is C16H15Br3. The monoisotopic (exact) mass is 444 g/mol. The summed E-state index contributed by atoms with van der Waals surface area (Å²) in [7, 11) is 0. The van der Waals surface area contributed by atoms with Gasteiger partial charge in [0.05, 0.1) is 4.83 Å². The molecule has 0 N–H and O–H groups in total. The number of hydrogen-bond donors (Lipinski definition) is 0. The minimum atomic E-state index is 0.193. The van der Waals surface area contributed by atoms with Gasteiger partial charge >= 0.3 is 0 Å². The second-order valence-corrected chi connectivity index (χ2v) is 7.47. The van der Waals surface area contributed by atoms with Gasteiger partial charge in [0.25, 0.3) is 0 Å². The van der Waals surface area contributed by atoms with Crippen LogP contribution in [0.15, 0.2) is 39.3 Å². The lowest BCUT2D eigenvalue weighted by atomic mass is 9.98. The van der Waals surface area contributed by atoms with Crippen molar-refractivity contribution in [2.45, 2.75) is 25.6 Å². The van der Waals surface area contributed by atoms with Crippen molar-refractivity contribution in [3.8, 4) is 0 Å². The van der Waals surface area contributed by atoms with Gasteiger partial charge in [0.2, 0.25) is 0 Å². The summed E-state index contributed by atoms with van der Waals surface area (Å²) in [6.45, 7) is 6.38. The maximum absolute atomic E-state index is 3.84. The first kappa shape index (κ1) is 15.3. The second-order valence-electron chi connectivity index (χ2n) is 4.85. The SMILES string of the molecule is Cc1ccc(C)c(C(Br)c2cc(Br)c(C)cc2Br)c1. The minimum Gasteiger partial charge on any atom is -0.0786 e. The first-order chi connectivity index (χ1) is 8.90. The van der Waals surface area contributed by atoms with Gasteiger partial charge in [-0.2, -0.15) is 0 Å². The number of alkyl halides is 1. The molecule has 19 heavy (non-hydrogen) atoms. The van der Waals surface area contributed by atoms with Crippen molar-refractivity contribution < 1.29 is 0 Å². The Morgan fingerprint density at radius 3 is 2.16 bits per heavy atom. The highest BCUT2D eigenvalue weighted by Crippen LogP contribution is 2.39. The van der Waals surface area contributed by atoms with Gasteiger partial charge in [-0.15, -0.1) is 0 Å². The lowest BCUT2D eigenvalue weighted by Crippen LogP contribution is -1.98. The van der Waals surface area contributed by atoms with E-state index in [1.165, 1.54) is 27.8 Å². The van der Waals surface area contributed by atoms with Crippen molar-refractivity contribution in [1.29, 1.82) is 0 Å². The molecular weight excluding hydrogens is 432 g/mol. The zero-order valence-electron chi connectivity index (χ0n) is 11.1. The number of rotatable bonds is 2. The first-order valence-corrected chi connectivity index (χ1v) is 8.57. The fourth-order valence-electron chi connectivity index (χ4n) is 2.06. The molecule has 0 spiro atoms. The van der Waals surface area contributed by atoms with E-state index in [1.807, 2.05) is 0 Å². The molecule has 100 valence electrons. The third kappa shape index (κ3) is 3.32. The average molecular weight is 447 g/mol. The van der Waals surface area contributed by atoms with Gasteiger partial charge in [-0.3, -0.25) is 0 Å². The van der Waals surface area contributed by atoms with E-state index in [1.54, 1.807) is 0 Å². The lowest BCUT2D eigenvalue weighted by Gasteiger charge is -2.17. The molecule has 3 heteroatoms. The highest BCUT2D eigenvalue weighted by molar-refractivity contribution is 9.11. The zero-order chi connectivity index (χ0) is 14.2. The number of benzene rings is 2. The molecule has 0 saturated heterocycles. The minimum absolute atomic E-state index is 0.193. The summed E-state index contributed by atoms with van der Waals surface area (Å²) < 4.78 is 2.27. The molecule has 0 saturated carbocycles. The van der Waals surface area contributed by atoms with Gasteiger partial charge in [-0.1, -0.05) is 71.6 Å². The maximum atomic E-state index is 3.84. The van der Waals surface area contributed by atoms with Crippen LogP contribution < -0.4 is 0 Å². The summed E-state index contributed by atoms with van der Waals surface area (Å²) in [4.78, 5) is 0.193. The molecule has 0 amide bonds. The van der Waals surface area contributed by atoms with Crippen LogP contribution in [0.2, 0.25) is 0 Å². The third-order valence-corrected chi connectivity index (χ3v) is 5.79. The Morgan fingerprint density at radius 1 is 0.789 bits per heavy atom. The van der Waals surface area contributed by atoms with Crippen LogP contribution in [0.25, 0.3) is 0 Å². The Kier molecular flexibility index (Phi) is 4.91. The zero-order valence-corrected chi connectivity index (χ0v) is 15.9. The molecule has 0 aliphatic rings. The summed E-state index contributed by atoms with van der Waals surface area (Å²) in [6.07, 6.45) is 0. The molecule has 2 rings (SSSR count). The lowest BCUT2D eigenvalue weighted by molar-refractivity contribution is 1.11. The predicted octanol–water partition coefficient (Wildman–Crippen LogP) is 6.62. The van der Waals surface area contributed by atoms with Crippen LogP contribution in [0.5, 0.6) is 0 Å². The van der Waals surface area contributed by atoms with E-state index in [9.17, 15) is 0 Å². The van der Waals surface area contributed by atoms with Crippen molar-refractivity contribution in [1.82, 2.24) is 0 Å². The molecule has 2 aromatic rings.